The Labute approximate surface area is 413 Å². The zero-order valence-corrected chi connectivity index (χ0v) is 43.7. The van der Waals surface area contributed by atoms with Gasteiger partial charge in [0.2, 0.25) is 0 Å². The van der Waals surface area contributed by atoms with E-state index in [1.807, 2.05) is 0 Å². The van der Waals surface area contributed by atoms with Crippen LogP contribution in [0.3, 0.4) is 0 Å². The predicted octanol–water partition coefficient (Wildman–Crippen LogP) is 14.4. The van der Waals surface area contributed by atoms with Gasteiger partial charge in [-0.15, -0.1) is 0 Å². The third-order valence-electron chi connectivity index (χ3n) is 24.5. The molecule has 9 unspecified atom stereocenters. The minimum Gasteiger partial charge on any atom is -0.304 e. The summed E-state index contributed by atoms with van der Waals surface area (Å²) in [5.74, 6) is 9.11. The van der Waals surface area contributed by atoms with Gasteiger partial charge in [-0.05, 0) is 239 Å². The molecule has 2 heterocycles. The number of hydrogen-bond donors (Lipinski definition) is 2. The zero-order valence-electron chi connectivity index (χ0n) is 43.7. The molecule has 67 heavy (non-hydrogen) atoms. The third-order valence-corrected chi connectivity index (χ3v) is 24.5. The molecule has 12 fully saturated rings. The number of hydrogen-bond acceptors (Lipinski definition) is 5. The number of rotatable bonds is 10. The van der Waals surface area contributed by atoms with Gasteiger partial charge in [-0.1, -0.05) is 77.0 Å². The molecule has 0 aromatic rings. The highest BCUT2D eigenvalue weighted by atomic mass is 15.3. The Hall–Kier alpha value is -0.200. The molecule has 380 valence electrons. The maximum Gasteiger partial charge on any atom is 0.0456 e. The molecular formula is C62H107N5. The number of likely N-dealkylation sites (tertiary alicyclic amines) is 1. The first-order valence-corrected chi connectivity index (χ1v) is 32.0. The van der Waals surface area contributed by atoms with E-state index in [1.165, 1.54) is 167 Å². The van der Waals surface area contributed by atoms with Gasteiger partial charge in [0.1, 0.15) is 0 Å². The van der Waals surface area contributed by atoms with Crippen LogP contribution in [-0.2, 0) is 0 Å². The average molecular weight is 923 g/mol. The van der Waals surface area contributed by atoms with Gasteiger partial charge in [0.05, 0.1) is 0 Å². The van der Waals surface area contributed by atoms with Crippen LogP contribution in [0.25, 0.3) is 0 Å². The molecule has 0 radical (unpaired) electrons. The summed E-state index contributed by atoms with van der Waals surface area (Å²) in [5, 5.41) is 7.52. The highest BCUT2D eigenvalue weighted by molar-refractivity contribution is 5.09. The van der Waals surface area contributed by atoms with Crippen LogP contribution < -0.4 is 10.6 Å². The molecule has 0 amide bonds. The number of fused-ring (bicyclic) bond motifs is 4. The van der Waals surface area contributed by atoms with Gasteiger partial charge in [-0.25, -0.2) is 0 Å². The molecule has 10 aliphatic carbocycles. The first-order valence-electron chi connectivity index (χ1n) is 32.0. The van der Waals surface area contributed by atoms with Crippen LogP contribution in [0.1, 0.15) is 263 Å². The quantitative estimate of drug-likeness (QED) is 0.228. The van der Waals surface area contributed by atoms with Crippen LogP contribution in [-0.4, -0.2) is 88.3 Å². The molecule has 0 aromatic heterocycles. The molecular weight excluding hydrogens is 815 g/mol. The predicted molar refractivity (Wildman–Crippen MR) is 280 cm³/mol. The minimum atomic E-state index is 0.804. The normalized spacial score (nSPS) is 45.1. The molecule has 5 nitrogen and oxygen atoms in total. The van der Waals surface area contributed by atoms with E-state index in [1.54, 1.807) is 103 Å². The van der Waals surface area contributed by atoms with Crippen LogP contribution in [0.4, 0.5) is 0 Å². The first-order chi connectivity index (χ1) is 33.2. The molecule has 2 N–H and O–H groups in total. The van der Waals surface area contributed by atoms with Crippen molar-refractivity contribution in [3.63, 3.8) is 0 Å². The lowest BCUT2D eigenvalue weighted by Crippen LogP contribution is -2.54. The zero-order chi connectivity index (χ0) is 44.5. The lowest BCUT2D eigenvalue weighted by atomic mass is 9.62. The standard InChI is InChI=1S/C62H107N5/c1-5-13-51(14-6-1)65(52-15-7-2-8-16-52)55-30-21-45(22-31-55)48-28-37-61-58(40-48)59-41-49(46-23-32-56(33-24-46)66(53-17-9-3-10-18-53)54-19-11-4-12-20-54)29-38-62(59)67(61)57-34-25-44(26-35-57)47-27-36-60-50(39-47)42-63-43-64-60/h44-64H,1-43H2. The van der Waals surface area contributed by atoms with Gasteiger partial charge >= 0.3 is 0 Å². The smallest absolute Gasteiger partial charge is 0.0456 e. The monoisotopic (exact) mass is 922 g/mol. The SMILES string of the molecule is C1CCC(N(C2CCCCC2)C2CCC(C3CCC4C(C3)C3CC(C5CCC(N(C6CCCCC6)C6CCCCC6)CC5)CCC3N4C3CCC(C4CCC5NCNCC5C4)CC3)CC2)CC1. The third kappa shape index (κ3) is 10.5. The maximum absolute atomic E-state index is 3.83. The Morgan fingerprint density at radius 2 is 0.657 bits per heavy atom. The van der Waals surface area contributed by atoms with E-state index in [-0.39, 0.29) is 0 Å². The molecule has 12 aliphatic rings. The van der Waals surface area contributed by atoms with E-state index < -0.39 is 0 Å². The Morgan fingerprint density at radius 3 is 1.09 bits per heavy atom. The van der Waals surface area contributed by atoms with Crippen molar-refractivity contribution in [1.82, 2.24) is 25.3 Å². The fourth-order valence-corrected chi connectivity index (χ4v) is 21.4. The van der Waals surface area contributed by atoms with Crippen molar-refractivity contribution in [2.75, 3.05) is 13.2 Å². The van der Waals surface area contributed by atoms with Crippen molar-refractivity contribution in [3.8, 4) is 0 Å². The van der Waals surface area contributed by atoms with Crippen molar-refractivity contribution >= 4 is 0 Å². The van der Waals surface area contributed by atoms with Gasteiger partial charge < -0.3 is 10.6 Å². The van der Waals surface area contributed by atoms with Crippen molar-refractivity contribution in [1.29, 1.82) is 0 Å². The summed E-state index contributed by atoms with van der Waals surface area (Å²) in [5.41, 5.74) is 0. The van der Waals surface area contributed by atoms with Gasteiger partial charge in [0, 0.05) is 73.6 Å². The molecule has 2 saturated heterocycles. The second kappa shape index (κ2) is 22.5. The topological polar surface area (TPSA) is 33.8 Å². The number of nitrogens with one attached hydrogen (secondary N) is 2. The van der Waals surface area contributed by atoms with Gasteiger partial charge in [0.25, 0.3) is 0 Å². The summed E-state index contributed by atoms with van der Waals surface area (Å²) >= 11 is 0. The second-order valence-electron chi connectivity index (χ2n) is 27.6. The van der Waals surface area contributed by atoms with E-state index in [0.29, 0.717) is 0 Å². The van der Waals surface area contributed by atoms with E-state index in [2.05, 4.69) is 25.3 Å². The van der Waals surface area contributed by atoms with Crippen molar-refractivity contribution < 1.29 is 0 Å². The van der Waals surface area contributed by atoms with Crippen LogP contribution in [0.15, 0.2) is 0 Å². The second-order valence-corrected chi connectivity index (χ2v) is 27.6. The number of nitrogens with zero attached hydrogens (tertiary/aromatic N) is 3. The van der Waals surface area contributed by atoms with E-state index in [4.69, 9.17) is 0 Å². The molecule has 0 spiro atoms. The Balaban J connectivity index is 0.715. The van der Waals surface area contributed by atoms with Crippen molar-refractivity contribution in [3.05, 3.63) is 0 Å². The van der Waals surface area contributed by atoms with Gasteiger partial charge in [-0.3, -0.25) is 14.7 Å². The molecule has 10 saturated carbocycles. The average Bonchev–Trinajstić information content (AvgIpc) is 3.73. The molecule has 5 heteroatoms. The van der Waals surface area contributed by atoms with Crippen LogP contribution in [0.5, 0.6) is 0 Å². The van der Waals surface area contributed by atoms with E-state index in [9.17, 15) is 0 Å². The van der Waals surface area contributed by atoms with Gasteiger partial charge in [0.15, 0.2) is 0 Å². The first kappa shape index (κ1) is 47.8. The van der Waals surface area contributed by atoms with Crippen LogP contribution in [0, 0.1) is 53.3 Å². The van der Waals surface area contributed by atoms with Crippen LogP contribution >= 0.6 is 0 Å². The molecule has 0 bridgehead atoms. The van der Waals surface area contributed by atoms with Crippen LogP contribution in [0.2, 0.25) is 0 Å². The Kier molecular flexibility index (Phi) is 16.1. The Morgan fingerprint density at radius 1 is 0.299 bits per heavy atom. The summed E-state index contributed by atoms with van der Waals surface area (Å²) in [6, 6.07) is 9.10. The van der Waals surface area contributed by atoms with Crippen molar-refractivity contribution in [2.24, 2.45) is 53.3 Å². The minimum absolute atomic E-state index is 0.804. The van der Waals surface area contributed by atoms with Crippen molar-refractivity contribution in [2.45, 2.75) is 324 Å². The molecule has 0 aromatic carbocycles. The highest BCUT2D eigenvalue weighted by Crippen LogP contribution is 2.58. The largest absolute Gasteiger partial charge is 0.304 e. The summed E-state index contributed by atoms with van der Waals surface area (Å²) < 4.78 is 0. The fraction of sp³-hybridized carbons (Fsp3) is 1.00. The summed E-state index contributed by atoms with van der Waals surface area (Å²) in [6.07, 6.45) is 62.9. The summed E-state index contributed by atoms with van der Waals surface area (Å²) in [6.45, 7) is 2.31. The molecule has 2 aliphatic heterocycles. The van der Waals surface area contributed by atoms with E-state index in [0.717, 1.165) is 120 Å². The lowest BCUT2D eigenvalue weighted by molar-refractivity contribution is 0.00155. The van der Waals surface area contributed by atoms with E-state index >= 15 is 0 Å². The fourth-order valence-electron chi connectivity index (χ4n) is 21.4. The summed E-state index contributed by atoms with van der Waals surface area (Å²) in [7, 11) is 0. The summed E-state index contributed by atoms with van der Waals surface area (Å²) in [4.78, 5) is 9.93. The van der Waals surface area contributed by atoms with Gasteiger partial charge in [-0.2, -0.15) is 0 Å². The maximum atomic E-state index is 3.83. The lowest BCUT2D eigenvalue weighted by Gasteiger charge is -2.50. The Bertz CT molecular complexity index is 1370. The molecule has 12 rings (SSSR count). The highest BCUT2D eigenvalue weighted by Gasteiger charge is 2.56. The molecule has 9 atom stereocenters.